The summed E-state index contributed by atoms with van der Waals surface area (Å²) in [4.78, 5) is 30.1. The number of nitrogens with one attached hydrogen (secondary N) is 1. The largest absolute Gasteiger partial charge is 0.324 e. The molecule has 0 radical (unpaired) electrons. The first-order chi connectivity index (χ1) is 14.0. The van der Waals surface area contributed by atoms with E-state index in [1.807, 2.05) is 12.1 Å². The fourth-order valence-corrected chi connectivity index (χ4v) is 3.31. The van der Waals surface area contributed by atoms with Gasteiger partial charge in [-0.1, -0.05) is 34.1 Å². The van der Waals surface area contributed by atoms with Gasteiger partial charge in [0.25, 0.3) is 0 Å². The average Bonchev–Trinajstić information content (AvgIpc) is 3.06. The molecule has 0 saturated heterocycles. The van der Waals surface area contributed by atoms with Gasteiger partial charge in [0.05, 0.1) is 11.0 Å². The summed E-state index contributed by atoms with van der Waals surface area (Å²) in [6.07, 6.45) is 0. The number of imidazole rings is 1. The number of amides is 1. The summed E-state index contributed by atoms with van der Waals surface area (Å²) in [6.45, 7) is -0.130. The Labute approximate surface area is 174 Å². The Morgan fingerprint density at radius 1 is 1.00 bits per heavy atom. The van der Waals surface area contributed by atoms with E-state index in [1.54, 1.807) is 47.0 Å². The van der Waals surface area contributed by atoms with E-state index in [0.29, 0.717) is 22.3 Å². The van der Waals surface area contributed by atoms with Crippen LogP contribution in [-0.4, -0.2) is 21.2 Å². The molecule has 5 nitrogen and oxygen atoms in total. The van der Waals surface area contributed by atoms with Gasteiger partial charge in [-0.2, -0.15) is 0 Å². The van der Waals surface area contributed by atoms with Gasteiger partial charge in [-0.25, -0.2) is 9.37 Å². The first-order valence-corrected chi connectivity index (χ1v) is 9.61. The first-order valence-electron chi connectivity index (χ1n) is 8.82. The van der Waals surface area contributed by atoms with E-state index < -0.39 is 5.82 Å². The van der Waals surface area contributed by atoms with Crippen LogP contribution >= 0.6 is 15.9 Å². The smallest absolute Gasteiger partial charge is 0.244 e. The summed E-state index contributed by atoms with van der Waals surface area (Å²) in [5.41, 5.74) is 2.10. The highest BCUT2D eigenvalue weighted by Crippen LogP contribution is 2.20. The molecule has 0 unspecified atom stereocenters. The number of aromatic nitrogens is 2. The standard InChI is InChI=1S/C22H15BrFN3O2/c23-15-10-8-14(9-11-15)21(29)22-26-18-6-1-2-7-19(18)27(22)13-20(28)25-17-5-3-4-16(24)12-17/h1-12H,13H2,(H,25,28). The summed E-state index contributed by atoms with van der Waals surface area (Å²) in [6, 6.07) is 19.8. The number of carbonyl (C=O) groups is 2. The van der Waals surface area contributed by atoms with Crippen LogP contribution in [0.15, 0.2) is 77.3 Å². The van der Waals surface area contributed by atoms with E-state index in [2.05, 4.69) is 26.2 Å². The maximum atomic E-state index is 13.4. The molecule has 0 fully saturated rings. The first kappa shape index (κ1) is 19.0. The lowest BCUT2D eigenvalue weighted by Crippen LogP contribution is -2.22. The molecule has 29 heavy (non-hydrogen) atoms. The SMILES string of the molecule is O=C(Cn1c(C(=O)c2ccc(Br)cc2)nc2ccccc21)Nc1cccc(F)c1. The third-order valence-electron chi connectivity index (χ3n) is 4.37. The predicted molar refractivity (Wildman–Crippen MR) is 112 cm³/mol. The summed E-state index contributed by atoms with van der Waals surface area (Å²) >= 11 is 3.35. The number of carbonyl (C=O) groups excluding carboxylic acids is 2. The van der Waals surface area contributed by atoms with Crippen LogP contribution in [0, 0.1) is 5.82 Å². The highest BCUT2D eigenvalue weighted by atomic mass is 79.9. The van der Waals surface area contributed by atoms with Crippen molar-refractivity contribution in [1.82, 2.24) is 9.55 Å². The molecule has 4 rings (SSSR count). The van der Waals surface area contributed by atoms with Gasteiger partial charge in [0.15, 0.2) is 5.82 Å². The molecule has 7 heteroatoms. The minimum absolute atomic E-state index is 0.130. The Hall–Kier alpha value is -3.32. The van der Waals surface area contributed by atoms with Crippen LogP contribution in [0.2, 0.25) is 0 Å². The quantitative estimate of drug-likeness (QED) is 0.443. The molecule has 1 aromatic heterocycles. The molecule has 0 saturated carbocycles. The van der Waals surface area contributed by atoms with Gasteiger partial charge in [0.2, 0.25) is 11.7 Å². The molecular formula is C22H15BrFN3O2. The molecular weight excluding hydrogens is 437 g/mol. The monoisotopic (exact) mass is 451 g/mol. The second-order valence-corrected chi connectivity index (χ2v) is 7.32. The number of rotatable bonds is 5. The summed E-state index contributed by atoms with van der Waals surface area (Å²) in [7, 11) is 0. The van der Waals surface area contributed by atoms with Crippen molar-refractivity contribution in [3.8, 4) is 0 Å². The highest BCUT2D eigenvalue weighted by molar-refractivity contribution is 9.10. The van der Waals surface area contributed by atoms with Crippen molar-refractivity contribution < 1.29 is 14.0 Å². The van der Waals surface area contributed by atoms with E-state index in [0.717, 1.165) is 4.47 Å². The van der Waals surface area contributed by atoms with E-state index in [4.69, 9.17) is 0 Å². The molecule has 144 valence electrons. The molecule has 0 aliphatic carbocycles. The minimum atomic E-state index is -0.443. The number of halogens is 2. The van der Waals surface area contributed by atoms with Gasteiger partial charge in [-0.3, -0.25) is 9.59 Å². The van der Waals surface area contributed by atoms with Crippen LogP contribution in [0.1, 0.15) is 16.2 Å². The third-order valence-corrected chi connectivity index (χ3v) is 4.90. The molecule has 1 N–H and O–H groups in total. The number of anilines is 1. The van der Waals surface area contributed by atoms with E-state index in [9.17, 15) is 14.0 Å². The maximum absolute atomic E-state index is 13.4. The van der Waals surface area contributed by atoms with E-state index in [-0.39, 0.29) is 24.1 Å². The molecule has 0 spiro atoms. The number of nitrogens with zero attached hydrogens (tertiary/aromatic N) is 2. The van der Waals surface area contributed by atoms with Gasteiger partial charge in [0.1, 0.15) is 12.4 Å². The molecule has 3 aromatic carbocycles. The molecule has 1 heterocycles. The Morgan fingerprint density at radius 3 is 2.52 bits per heavy atom. The van der Waals surface area contributed by atoms with Crippen LogP contribution in [0.4, 0.5) is 10.1 Å². The Morgan fingerprint density at radius 2 is 1.76 bits per heavy atom. The number of para-hydroxylation sites is 2. The zero-order chi connectivity index (χ0) is 20.4. The molecule has 0 bridgehead atoms. The van der Waals surface area contributed by atoms with Crippen molar-refractivity contribution in [2.75, 3.05) is 5.32 Å². The lowest BCUT2D eigenvalue weighted by atomic mass is 10.1. The normalized spacial score (nSPS) is 10.8. The number of fused-ring (bicyclic) bond motifs is 1. The van der Waals surface area contributed by atoms with Crippen LogP contribution in [0.25, 0.3) is 11.0 Å². The average molecular weight is 452 g/mol. The Balaban J connectivity index is 1.69. The van der Waals surface area contributed by atoms with Gasteiger partial charge >= 0.3 is 0 Å². The predicted octanol–water partition coefficient (Wildman–Crippen LogP) is 4.81. The third kappa shape index (κ3) is 4.09. The fraction of sp³-hybridized carbons (Fsp3) is 0.0455. The second-order valence-electron chi connectivity index (χ2n) is 6.40. The van der Waals surface area contributed by atoms with E-state index >= 15 is 0 Å². The topological polar surface area (TPSA) is 64.0 Å². The van der Waals surface area contributed by atoms with Crippen molar-refractivity contribution in [1.29, 1.82) is 0 Å². The fourth-order valence-electron chi connectivity index (χ4n) is 3.05. The van der Waals surface area contributed by atoms with Crippen molar-refractivity contribution in [3.63, 3.8) is 0 Å². The van der Waals surface area contributed by atoms with Crippen LogP contribution in [0.5, 0.6) is 0 Å². The van der Waals surface area contributed by atoms with Crippen molar-refractivity contribution in [3.05, 3.63) is 94.5 Å². The molecule has 0 aliphatic rings. The van der Waals surface area contributed by atoms with Gasteiger partial charge in [-0.15, -0.1) is 0 Å². The number of ketones is 1. The Kier molecular flexibility index (Phi) is 5.22. The summed E-state index contributed by atoms with van der Waals surface area (Å²) in [5, 5.41) is 2.65. The van der Waals surface area contributed by atoms with Gasteiger partial charge < -0.3 is 9.88 Å². The van der Waals surface area contributed by atoms with Crippen LogP contribution in [-0.2, 0) is 11.3 Å². The molecule has 1 amide bonds. The minimum Gasteiger partial charge on any atom is -0.324 e. The van der Waals surface area contributed by atoms with Crippen LogP contribution < -0.4 is 5.32 Å². The van der Waals surface area contributed by atoms with Crippen molar-refractivity contribution in [2.24, 2.45) is 0 Å². The maximum Gasteiger partial charge on any atom is 0.244 e. The number of hydrogen-bond donors (Lipinski definition) is 1. The van der Waals surface area contributed by atoms with Crippen molar-refractivity contribution in [2.45, 2.75) is 6.54 Å². The Bertz CT molecular complexity index is 1220. The summed E-state index contributed by atoms with van der Waals surface area (Å²) < 4.78 is 15.8. The zero-order valence-electron chi connectivity index (χ0n) is 15.1. The molecule has 0 atom stereocenters. The molecule has 4 aromatic rings. The van der Waals surface area contributed by atoms with Crippen molar-refractivity contribution >= 4 is 44.3 Å². The summed E-state index contributed by atoms with van der Waals surface area (Å²) in [5.74, 6) is -0.944. The lowest BCUT2D eigenvalue weighted by Gasteiger charge is -2.10. The number of benzene rings is 3. The zero-order valence-corrected chi connectivity index (χ0v) is 16.7. The second kappa shape index (κ2) is 7.97. The lowest BCUT2D eigenvalue weighted by molar-refractivity contribution is -0.116. The number of hydrogen-bond acceptors (Lipinski definition) is 3. The van der Waals surface area contributed by atoms with E-state index in [1.165, 1.54) is 18.2 Å². The van der Waals surface area contributed by atoms with Gasteiger partial charge in [-0.05, 0) is 54.6 Å². The van der Waals surface area contributed by atoms with Gasteiger partial charge in [0, 0.05) is 15.7 Å². The highest BCUT2D eigenvalue weighted by Gasteiger charge is 2.21. The molecule has 0 aliphatic heterocycles. The van der Waals surface area contributed by atoms with Crippen LogP contribution in [0.3, 0.4) is 0 Å².